The average molecular weight is 194 g/mol. The smallest absolute Gasteiger partial charge is 0.114 e. The number of hydrogen-bond donors (Lipinski definition) is 5. The summed E-state index contributed by atoms with van der Waals surface area (Å²) in [6.45, 7) is -0.732. The highest BCUT2D eigenvalue weighted by atomic mass is 16.5. The molecule has 5 atom stereocenters. The Morgan fingerprint density at radius 2 is 1.85 bits per heavy atom. The molecule has 0 spiro atoms. The molecule has 6 nitrogen and oxygen atoms in total. The van der Waals surface area contributed by atoms with Crippen LogP contribution >= 0.6 is 0 Å². The largest absolute Gasteiger partial charge is 0.394 e. The molecule has 0 amide bonds. The van der Waals surface area contributed by atoms with Crippen LogP contribution in [0.2, 0.25) is 0 Å². The molecule has 1 saturated heterocycles. The van der Waals surface area contributed by atoms with E-state index in [1.807, 2.05) is 0 Å². The predicted molar refractivity (Wildman–Crippen MR) is 40.9 cm³/mol. The van der Waals surface area contributed by atoms with Gasteiger partial charge < -0.3 is 30.3 Å². The van der Waals surface area contributed by atoms with Gasteiger partial charge in [-0.3, -0.25) is 0 Å². The fourth-order valence-corrected chi connectivity index (χ4v) is 1.27. The first-order valence-corrected chi connectivity index (χ1v) is 4.02. The lowest BCUT2D eigenvalue weighted by molar-refractivity contribution is -0.214. The van der Waals surface area contributed by atoms with Crippen LogP contribution in [0.1, 0.15) is 0 Å². The van der Waals surface area contributed by atoms with E-state index >= 15 is 0 Å². The first-order valence-electron chi connectivity index (χ1n) is 4.02. The van der Waals surface area contributed by atoms with Crippen molar-refractivity contribution < 1.29 is 30.3 Å². The number of ether oxygens (including phenoxy) is 1. The molecule has 13 heavy (non-hydrogen) atoms. The molecule has 0 saturated carbocycles. The normalized spacial score (nSPS) is 43.2. The predicted octanol–water partition coefficient (Wildman–Crippen LogP) is -3.18. The van der Waals surface area contributed by atoms with Crippen molar-refractivity contribution in [2.45, 2.75) is 30.5 Å². The second-order valence-corrected chi connectivity index (χ2v) is 3.10. The lowest BCUT2D eigenvalue weighted by Crippen LogP contribution is -2.57. The summed E-state index contributed by atoms with van der Waals surface area (Å²) in [6, 6.07) is 0. The van der Waals surface area contributed by atoms with Crippen LogP contribution in [0.25, 0.3) is 0 Å². The first kappa shape index (κ1) is 10.8. The van der Waals surface area contributed by atoms with Crippen molar-refractivity contribution in [2.24, 2.45) is 0 Å². The summed E-state index contributed by atoms with van der Waals surface area (Å²) in [5.74, 6) is 0. The molecule has 5 N–H and O–H groups in total. The Labute approximate surface area is 75.0 Å². The topological polar surface area (TPSA) is 110 Å². The minimum atomic E-state index is -1.38. The van der Waals surface area contributed by atoms with Crippen LogP contribution in [0.5, 0.6) is 0 Å². The summed E-state index contributed by atoms with van der Waals surface area (Å²) in [5.41, 5.74) is 0. The van der Waals surface area contributed by atoms with Gasteiger partial charge in [0.25, 0.3) is 0 Å². The lowest BCUT2D eigenvalue weighted by Gasteiger charge is -2.36. The van der Waals surface area contributed by atoms with Crippen molar-refractivity contribution in [1.29, 1.82) is 0 Å². The van der Waals surface area contributed by atoms with Crippen LogP contribution in [0.4, 0.5) is 0 Å². The zero-order valence-corrected chi connectivity index (χ0v) is 6.95. The molecular formula is C7H14O6. The quantitative estimate of drug-likeness (QED) is 0.317. The summed E-state index contributed by atoms with van der Waals surface area (Å²) >= 11 is 0. The maximum Gasteiger partial charge on any atom is 0.114 e. The van der Waals surface area contributed by atoms with Crippen molar-refractivity contribution in [3.63, 3.8) is 0 Å². The first-order chi connectivity index (χ1) is 6.07. The molecule has 1 rings (SSSR count). The Kier molecular flexibility index (Phi) is 3.60. The van der Waals surface area contributed by atoms with Gasteiger partial charge in [-0.2, -0.15) is 0 Å². The molecule has 1 aliphatic heterocycles. The van der Waals surface area contributed by atoms with Crippen LogP contribution in [0.3, 0.4) is 0 Å². The molecule has 6 heteroatoms. The van der Waals surface area contributed by atoms with Crippen molar-refractivity contribution in [1.82, 2.24) is 0 Å². The fraction of sp³-hybridized carbons (Fsp3) is 1.00. The lowest BCUT2D eigenvalue weighted by atomic mass is 9.97. The Morgan fingerprint density at radius 1 is 1.23 bits per heavy atom. The zero-order chi connectivity index (χ0) is 10.0. The summed E-state index contributed by atoms with van der Waals surface area (Å²) < 4.78 is 4.86. The number of aliphatic hydroxyl groups excluding tert-OH is 5. The van der Waals surface area contributed by atoms with Gasteiger partial charge in [0.1, 0.15) is 30.5 Å². The molecule has 0 aromatic heterocycles. The van der Waals surface area contributed by atoms with E-state index in [9.17, 15) is 10.2 Å². The molecule has 1 aliphatic rings. The Morgan fingerprint density at radius 3 is 2.38 bits per heavy atom. The van der Waals surface area contributed by atoms with Crippen molar-refractivity contribution in [3.05, 3.63) is 0 Å². The maximum atomic E-state index is 9.30. The van der Waals surface area contributed by atoms with Gasteiger partial charge in [0, 0.05) is 0 Å². The van der Waals surface area contributed by atoms with Gasteiger partial charge in [0.05, 0.1) is 13.2 Å². The van der Waals surface area contributed by atoms with Crippen LogP contribution < -0.4 is 0 Å². The Balaban J connectivity index is 2.58. The minimum Gasteiger partial charge on any atom is -0.394 e. The fourth-order valence-electron chi connectivity index (χ4n) is 1.27. The molecule has 0 aromatic rings. The molecule has 1 heterocycles. The highest BCUT2D eigenvalue weighted by Crippen LogP contribution is 2.17. The summed E-state index contributed by atoms with van der Waals surface area (Å²) in [7, 11) is 0. The van der Waals surface area contributed by atoms with Gasteiger partial charge in [-0.25, -0.2) is 0 Å². The van der Waals surface area contributed by atoms with E-state index in [0.717, 1.165) is 0 Å². The van der Waals surface area contributed by atoms with Crippen LogP contribution in [0, 0.1) is 0 Å². The van der Waals surface area contributed by atoms with E-state index in [2.05, 4.69) is 0 Å². The van der Waals surface area contributed by atoms with Gasteiger partial charge in [0.15, 0.2) is 0 Å². The molecule has 1 fully saturated rings. The van der Waals surface area contributed by atoms with E-state index in [-0.39, 0.29) is 6.61 Å². The third-order valence-corrected chi connectivity index (χ3v) is 2.11. The second-order valence-electron chi connectivity index (χ2n) is 3.10. The van der Waals surface area contributed by atoms with Crippen molar-refractivity contribution in [2.75, 3.05) is 13.2 Å². The summed E-state index contributed by atoms with van der Waals surface area (Å²) in [5, 5.41) is 45.2. The molecule has 0 bridgehead atoms. The molecule has 78 valence electrons. The average Bonchev–Trinajstić information content (AvgIpc) is 2.13. The van der Waals surface area contributed by atoms with Crippen molar-refractivity contribution in [3.8, 4) is 0 Å². The molecule has 1 unspecified atom stereocenters. The van der Waals surface area contributed by atoms with Gasteiger partial charge in [-0.05, 0) is 0 Å². The summed E-state index contributed by atoms with van der Waals surface area (Å²) in [6.07, 6.45) is -6.19. The molecule has 0 aliphatic carbocycles. The minimum absolute atomic E-state index is 0.167. The third kappa shape index (κ3) is 2.16. The maximum absolute atomic E-state index is 9.30. The van der Waals surface area contributed by atoms with E-state index in [1.54, 1.807) is 0 Å². The van der Waals surface area contributed by atoms with Gasteiger partial charge in [0.2, 0.25) is 0 Å². The highest BCUT2D eigenvalue weighted by molar-refractivity contribution is 4.89. The zero-order valence-electron chi connectivity index (χ0n) is 6.95. The van der Waals surface area contributed by atoms with Crippen LogP contribution in [-0.2, 0) is 4.74 Å². The standard InChI is InChI=1S/C7H14O6/c8-1-3(9)7-6(12)5(11)4(10)2-13-7/h3-12H,1-2H2/t3?,4-,5-,6+,7-/m1/s1. The van der Waals surface area contributed by atoms with E-state index in [0.29, 0.717) is 0 Å². The number of hydrogen-bond acceptors (Lipinski definition) is 6. The van der Waals surface area contributed by atoms with Crippen LogP contribution in [-0.4, -0.2) is 69.3 Å². The molecule has 0 radical (unpaired) electrons. The van der Waals surface area contributed by atoms with Crippen molar-refractivity contribution >= 4 is 0 Å². The Hall–Kier alpha value is -0.240. The second kappa shape index (κ2) is 4.32. The monoisotopic (exact) mass is 194 g/mol. The van der Waals surface area contributed by atoms with Gasteiger partial charge >= 0.3 is 0 Å². The third-order valence-electron chi connectivity index (χ3n) is 2.11. The molecule has 0 aromatic carbocycles. The number of rotatable bonds is 2. The van der Waals surface area contributed by atoms with E-state index < -0.39 is 37.1 Å². The molecular weight excluding hydrogens is 180 g/mol. The summed E-state index contributed by atoms with van der Waals surface area (Å²) in [4.78, 5) is 0. The van der Waals surface area contributed by atoms with E-state index in [4.69, 9.17) is 20.1 Å². The van der Waals surface area contributed by atoms with Gasteiger partial charge in [-0.15, -0.1) is 0 Å². The Bertz CT molecular complexity index is 163. The SMILES string of the molecule is OCC(O)[C@H]1OC[C@@H](O)[C@@H](O)[C@@H]1O. The highest BCUT2D eigenvalue weighted by Gasteiger charge is 2.40. The van der Waals surface area contributed by atoms with E-state index in [1.165, 1.54) is 0 Å². The van der Waals surface area contributed by atoms with Gasteiger partial charge in [-0.1, -0.05) is 0 Å². The van der Waals surface area contributed by atoms with Crippen LogP contribution in [0.15, 0.2) is 0 Å². The number of aliphatic hydroxyl groups is 5.